The fourth-order valence-corrected chi connectivity index (χ4v) is 1.99. The van der Waals surface area contributed by atoms with Gasteiger partial charge in [-0.1, -0.05) is 6.58 Å². The van der Waals surface area contributed by atoms with E-state index in [4.69, 9.17) is 4.74 Å². The van der Waals surface area contributed by atoms with Gasteiger partial charge in [0.25, 0.3) is 0 Å². The van der Waals surface area contributed by atoms with Crippen LogP contribution in [0, 0.1) is 10.1 Å². The Morgan fingerprint density at radius 2 is 2.06 bits per heavy atom. The lowest BCUT2D eigenvalue weighted by atomic mass is 10.3. The normalized spacial score (nSPS) is 11.3. The minimum Gasteiger partial charge on any atom is -0.484 e. The van der Waals surface area contributed by atoms with Crippen molar-refractivity contribution in [3.8, 4) is 5.75 Å². The van der Waals surface area contributed by atoms with Gasteiger partial charge in [-0.25, -0.2) is 8.42 Å². The summed E-state index contributed by atoms with van der Waals surface area (Å²) in [5.41, 5.74) is -0.272. The van der Waals surface area contributed by atoms with Gasteiger partial charge in [-0.3, -0.25) is 10.1 Å². The first-order valence-corrected chi connectivity index (χ1v) is 6.65. The number of hydrogen-bond acceptors (Lipinski definition) is 5. The van der Waals surface area contributed by atoms with Gasteiger partial charge in [0, 0.05) is 17.5 Å². The molecule has 0 heterocycles. The number of nitrogens with zero attached hydrogens (tertiary/aromatic N) is 1. The maximum atomic E-state index is 11.6. The van der Waals surface area contributed by atoms with Crippen molar-refractivity contribution in [2.75, 3.05) is 0 Å². The van der Waals surface area contributed by atoms with Crippen molar-refractivity contribution in [2.45, 2.75) is 24.8 Å². The molecule has 0 unspecified atom stereocenters. The molecule has 0 aliphatic heterocycles. The molecule has 0 atom stereocenters. The molecule has 0 aliphatic carbocycles. The van der Waals surface area contributed by atoms with Gasteiger partial charge in [0.15, 0.2) is 15.6 Å². The Kier molecular flexibility index (Phi) is 4.07. The van der Waals surface area contributed by atoms with E-state index >= 15 is 0 Å². The Bertz CT molecular complexity index is 577. The Labute approximate surface area is 105 Å². The molecule has 0 saturated heterocycles. The van der Waals surface area contributed by atoms with Crippen molar-refractivity contribution in [3.05, 3.63) is 40.3 Å². The molecule has 0 N–H and O–H groups in total. The molecule has 1 aromatic carbocycles. The molecule has 0 bridgehead atoms. The van der Waals surface area contributed by atoms with Crippen molar-refractivity contribution in [1.29, 1.82) is 0 Å². The predicted octanol–water partition coefficient (Wildman–Crippen LogP) is 2.30. The molecule has 0 spiro atoms. The second kappa shape index (κ2) is 5.18. The van der Waals surface area contributed by atoms with Gasteiger partial charge >= 0.3 is 5.69 Å². The summed E-state index contributed by atoms with van der Waals surface area (Å²) in [6.45, 7) is 6.58. The fourth-order valence-electron chi connectivity index (χ4n) is 1.27. The molecular formula is C11H13NO5S. The summed E-state index contributed by atoms with van der Waals surface area (Å²) >= 11 is 0. The second-order valence-electron chi connectivity index (χ2n) is 3.76. The lowest BCUT2D eigenvalue weighted by Crippen LogP contribution is -2.08. The summed E-state index contributed by atoms with van der Waals surface area (Å²) in [4.78, 5) is 10.1. The Balaban J connectivity index is 3.38. The number of ether oxygens (including phenoxy) is 1. The van der Waals surface area contributed by atoms with Crippen LogP contribution in [-0.2, 0) is 9.84 Å². The Hall–Kier alpha value is -1.89. The highest BCUT2D eigenvalue weighted by molar-refractivity contribution is 7.94. The smallest absolute Gasteiger partial charge is 0.311 e. The average Bonchev–Trinajstić information content (AvgIpc) is 2.27. The van der Waals surface area contributed by atoms with Crippen LogP contribution in [0.1, 0.15) is 13.8 Å². The van der Waals surface area contributed by atoms with E-state index in [-0.39, 0.29) is 22.4 Å². The summed E-state index contributed by atoms with van der Waals surface area (Å²) in [7, 11) is -3.64. The quantitative estimate of drug-likeness (QED) is 0.605. The van der Waals surface area contributed by atoms with Gasteiger partial charge in [0.1, 0.15) is 0 Å². The van der Waals surface area contributed by atoms with Gasteiger partial charge in [-0.2, -0.15) is 0 Å². The molecular weight excluding hydrogens is 258 g/mol. The lowest BCUT2D eigenvalue weighted by Gasteiger charge is -2.10. The molecule has 1 aromatic rings. The maximum Gasteiger partial charge on any atom is 0.311 e. The largest absolute Gasteiger partial charge is 0.484 e. The first-order chi connectivity index (χ1) is 8.27. The molecule has 0 amide bonds. The van der Waals surface area contributed by atoms with E-state index in [1.165, 1.54) is 0 Å². The van der Waals surface area contributed by atoms with E-state index in [1.54, 1.807) is 13.8 Å². The highest BCUT2D eigenvalue weighted by atomic mass is 32.2. The summed E-state index contributed by atoms with van der Waals surface area (Å²) < 4.78 is 28.4. The first kappa shape index (κ1) is 14.2. The minimum atomic E-state index is -3.64. The topological polar surface area (TPSA) is 86.5 Å². The highest BCUT2D eigenvalue weighted by Crippen LogP contribution is 2.31. The van der Waals surface area contributed by atoms with Crippen molar-refractivity contribution in [3.63, 3.8) is 0 Å². The molecule has 0 aliphatic rings. The van der Waals surface area contributed by atoms with Crippen molar-refractivity contribution >= 4 is 15.5 Å². The molecule has 6 nitrogen and oxygen atoms in total. The molecule has 1 rings (SSSR count). The molecule has 0 saturated carbocycles. The zero-order chi connectivity index (χ0) is 13.9. The molecule has 0 aromatic heterocycles. The molecule has 18 heavy (non-hydrogen) atoms. The van der Waals surface area contributed by atoms with Crippen LogP contribution >= 0.6 is 0 Å². The van der Waals surface area contributed by atoms with Gasteiger partial charge in [-0.05, 0) is 19.9 Å². The number of nitro benzene ring substituents is 1. The van der Waals surface area contributed by atoms with Crippen LogP contribution in [0.3, 0.4) is 0 Å². The van der Waals surface area contributed by atoms with Gasteiger partial charge in [0.2, 0.25) is 0 Å². The predicted molar refractivity (Wildman–Crippen MR) is 66.2 cm³/mol. The van der Waals surface area contributed by atoms with Gasteiger partial charge in [-0.15, -0.1) is 0 Å². The van der Waals surface area contributed by atoms with Crippen LogP contribution in [0.5, 0.6) is 5.75 Å². The van der Waals surface area contributed by atoms with Crippen LogP contribution in [-0.4, -0.2) is 19.4 Å². The van der Waals surface area contributed by atoms with E-state index in [2.05, 4.69) is 6.58 Å². The number of nitro groups is 1. The number of sulfone groups is 1. The van der Waals surface area contributed by atoms with Crippen molar-refractivity contribution in [1.82, 2.24) is 0 Å². The number of benzene rings is 1. The summed E-state index contributed by atoms with van der Waals surface area (Å²) in [6.07, 6.45) is -0.301. The molecule has 0 fully saturated rings. The fraction of sp³-hybridized carbons (Fsp3) is 0.273. The van der Waals surface area contributed by atoms with Crippen LogP contribution in [0.25, 0.3) is 0 Å². The van der Waals surface area contributed by atoms with Crippen LogP contribution in [0.15, 0.2) is 35.1 Å². The molecule has 0 radical (unpaired) electrons. The second-order valence-corrected chi connectivity index (χ2v) is 5.66. The first-order valence-electron chi connectivity index (χ1n) is 5.10. The third-order valence-electron chi connectivity index (χ3n) is 2.04. The third-order valence-corrected chi connectivity index (χ3v) is 3.39. The van der Waals surface area contributed by atoms with E-state index in [9.17, 15) is 18.5 Å². The van der Waals surface area contributed by atoms with Crippen molar-refractivity contribution < 1.29 is 18.1 Å². The zero-order valence-corrected chi connectivity index (χ0v) is 10.8. The van der Waals surface area contributed by atoms with Gasteiger partial charge in [0.05, 0.1) is 15.9 Å². The lowest BCUT2D eigenvalue weighted by molar-refractivity contribution is -0.386. The number of hydrogen-bond donors (Lipinski definition) is 0. The van der Waals surface area contributed by atoms with E-state index in [1.807, 2.05) is 0 Å². The average molecular weight is 271 g/mol. The minimum absolute atomic E-state index is 0.0714. The zero-order valence-electron chi connectivity index (χ0n) is 9.99. The van der Waals surface area contributed by atoms with E-state index in [0.717, 1.165) is 23.6 Å². The Morgan fingerprint density at radius 1 is 1.44 bits per heavy atom. The third kappa shape index (κ3) is 3.07. The summed E-state index contributed by atoms with van der Waals surface area (Å²) in [5.74, 6) is -0.0714. The molecule has 7 heteroatoms. The summed E-state index contributed by atoms with van der Waals surface area (Å²) in [6, 6.07) is 3.39. The van der Waals surface area contributed by atoms with Crippen molar-refractivity contribution in [2.24, 2.45) is 0 Å². The van der Waals surface area contributed by atoms with E-state index < -0.39 is 14.8 Å². The Morgan fingerprint density at radius 3 is 2.50 bits per heavy atom. The highest BCUT2D eigenvalue weighted by Gasteiger charge is 2.20. The monoisotopic (exact) mass is 271 g/mol. The number of rotatable bonds is 5. The summed E-state index contributed by atoms with van der Waals surface area (Å²) in [5, 5.41) is 11.6. The van der Waals surface area contributed by atoms with Crippen LogP contribution < -0.4 is 4.74 Å². The van der Waals surface area contributed by atoms with Crippen LogP contribution in [0.2, 0.25) is 0 Å². The standard InChI is InChI=1S/C11H13NO5S/c1-4-18(15,16)9-5-6-10(12(13)14)11(7-9)17-8(2)3/h4-8H,1H2,2-3H3. The van der Waals surface area contributed by atoms with Gasteiger partial charge < -0.3 is 4.74 Å². The SMILES string of the molecule is C=CS(=O)(=O)c1ccc([N+](=O)[O-])c(OC(C)C)c1. The van der Waals surface area contributed by atoms with E-state index in [0.29, 0.717) is 0 Å². The molecule has 98 valence electrons. The van der Waals surface area contributed by atoms with Crippen LogP contribution in [0.4, 0.5) is 5.69 Å². The maximum absolute atomic E-state index is 11.6.